The molecule has 0 radical (unpaired) electrons. The third-order valence-electron chi connectivity index (χ3n) is 14.0. The van der Waals surface area contributed by atoms with Gasteiger partial charge in [-0.3, -0.25) is 0 Å². The Kier molecular flexibility index (Phi) is 9.08. The van der Waals surface area contributed by atoms with Crippen LogP contribution in [0.4, 0.5) is 33.4 Å². The van der Waals surface area contributed by atoms with E-state index in [-0.39, 0.29) is 17.5 Å². The SMILES string of the molecule is Cc1cc2c3c(c1)N(c1c(C)cc(C(C)(C)C)cc1C)c1sc4ccc(C(C)(C)C)cc4c1B3c1cc(-c3csc4ccccc34)ccc1N2c1ccc(-c2csc3ccccc23)cc1. The summed E-state index contributed by atoms with van der Waals surface area (Å²) >= 11 is 5.62. The molecule has 0 bridgehead atoms. The van der Waals surface area contributed by atoms with Crippen molar-refractivity contribution in [2.24, 2.45) is 0 Å². The summed E-state index contributed by atoms with van der Waals surface area (Å²) in [6.07, 6.45) is 0. The van der Waals surface area contributed by atoms with Gasteiger partial charge in [0.15, 0.2) is 0 Å². The number of nitrogens with zero attached hydrogens (tertiary/aromatic N) is 2. The molecule has 12 rings (SSSR count). The van der Waals surface area contributed by atoms with Crippen molar-refractivity contribution in [2.75, 3.05) is 9.80 Å². The molecule has 65 heavy (non-hydrogen) atoms. The number of anilines is 6. The number of fused-ring (bicyclic) bond motifs is 8. The van der Waals surface area contributed by atoms with Crippen LogP contribution < -0.4 is 26.2 Å². The smallest absolute Gasteiger partial charge is 0.254 e. The van der Waals surface area contributed by atoms with E-state index in [1.807, 2.05) is 34.0 Å². The lowest BCUT2D eigenvalue weighted by atomic mass is 9.33. The van der Waals surface area contributed by atoms with Crippen LogP contribution in [0, 0.1) is 20.8 Å². The fraction of sp³-hybridized carbons (Fsp3) is 0.186. The first-order valence-electron chi connectivity index (χ1n) is 22.8. The Hall–Kier alpha value is -5.92. The maximum atomic E-state index is 2.67. The second-order valence-corrected chi connectivity index (χ2v) is 23.3. The molecule has 0 N–H and O–H groups in total. The molecule has 7 aromatic carbocycles. The van der Waals surface area contributed by atoms with Crippen molar-refractivity contribution in [3.63, 3.8) is 0 Å². The molecule has 0 aliphatic carbocycles. The molecule has 10 aromatic rings. The fourth-order valence-corrected chi connectivity index (χ4v) is 13.9. The van der Waals surface area contributed by atoms with Crippen LogP contribution in [0.25, 0.3) is 52.5 Å². The number of hydrogen-bond donors (Lipinski definition) is 0. The van der Waals surface area contributed by atoms with Gasteiger partial charge in [-0.15, -0.1) is 34.0 Å². The lowest BCUT2D eigenvalue weighted by Gasteiger charge is -2.44. The van der Waals surface area contributed by atoms with E-state index in [1.165, 1.54) is 130 Å². The van der Waals surface area contributed by atoms with Gasteiger partial charge in [0.25, 0.3) is 6.71 Å². The number of rotatable bonds is 4. The molecule has 0 amide bonds. The summed E-state index contributed by atoms with van der Waals surface area (Å²) in [6, 6.07) is 51.4. The van der Waals surface area contributed by atoms with E-state index in [0.717, 1.165) is 0 Å². The van der Waals surface area contributed by atoms with E-state index in [4.69, 9.17) is 0 Å². The molecule has 2 aliphatic heterocycles. The van der Waals surface area contributed by atoms with Gasteiger partial charge in [-0.2, -0.15) is 0 Å². The second kappa shape index (κ2) is 14.5. The molecule has 0 spiro atoms. The van der Waals surface area contributed by atoms with E-state index < -0.39 is 0 Å². The highest BCUT2D eigenvalue weighted by Crippen LogP contribution is 2.51. The van der Waals surface area contributed by atoms with E-state index in [0.29, 0.717) is 0 Å². The van der Waals surface area contributed by atoms with Gasteiger partial charge < -0.3 is 9.80 Å². The van der Waals surface area contributed by atoms with Crippen LogP contribution in [0.3, 0.4) is 0 Å². The summed E-state index contributed by atoms with van der Waals surface area (Å²) in [5, 5.41) is 9.99. The third kappa shape index (κ3) is 6.32. The summed E-state index contributed by atoms with van der Waals surface area (Å²) in [5.41, 5.74) is 22.1. The molecule has 6 heteroatoms. The van der Waals surface area contributed by atoms with Gasteiger partial charge in [0.05, 0.1) is 10.7 Å². The second-order valence-electron chi connectivity index (χ2n) is 20.4. The fourth-order valence-electron chi connectivity index (χ4n) is 10.7. The maximum Gasteiger partial charge on any atom is 0.254 e. The highest BCUT2D eigenvalue weighted by atomic mass is 32.1. The van der Waals surface area contributed by atoms with E-state index in [2.05, 4.69) is 216 Å². The van der Waals surface area contributed by atoms with Crippen LogP contribution in [0.5, 0.6) is 0 Å². The van der Waals surface area contributed by atoms with E-state index >= 15 is 0 Å². The van der Waals surface area contributed by atoms with Gasteiger partial charge in [0.1, 0.15) is 0 Å². The van der Waals surface area contributed by atoms with Gasteiger partial charge in [-0.05, 0) is 152 Å². The average Bonchev–Trinajstić information content (AvgIpc) is 4.02. The third-order valence-corrected chi connectivity index (χ3v) is 17.1. The van der Waals surface area contributed by atoms with Crippen molar-refractivity contribution in [2.45, 2.75) is 73.1 Å². The summed E-state index contributed by atoms with van der Waals surface area (Å²) in [6.45, 7) is 21.0. The molecule has 2 nitrogen and oxygen atoms in total. The van der Waals surface area contributed by atoms with Crippen molar-refractivity contribution in [3.8, 4) is 22.3 Å². The minimum Gasteiger partial charge on any atom is -0.311 e. The molecule has 0 atom stereocenters. The zero-order valence-electron chi connectivity index (χ0n) is 38.6. The van der Waals surface area contributed by atoms with Crippen LogP contribution in [-0.4, -0.2) is 6.71 Å². The summed E-state index contributed by atoms with van der Waals surface area (Å²) < 4.78 is 3.98. The van der Waals surface area contributed by atoms with Crippen LogP contribution in [-0.2, 0) is 10.8 Å². The predicted octanol–water partition coefficient (Wildman–Crippen LogP) is 16.3. The Balaban J connectivity index is 1.16. The van der Waals surface area contributed by atoms with Crippen LogP contribution in [0.15, 0.2) is 144 Å². The number of thiophene rings is 3. The molecule has 0 saturated heterocycles. The van der Waals surface area contributed by atoms with Crippen molar-refractivity contribution >= 4 is 121 Å². The van der Waals surface area contributed by atoms with E-state index in [9.17, 15) is 0 Å². The molecule has 3 aromatic heterocycles. The van der Waals surface area contributed by atoms with Crippen molar-refractivity contribution in [1.82, 2.24) is 0 Å². The lowest BCUT2D eigenvalue weighted by molar-refractivity contribution is 0.589. The van der Waals surface area contributed by atoms with Gasteiger partial charge in [-0.1, -0.05) is 126 Å². The standard InChI is InChI=1S/C59H51BN2S3/c1-34-26-49-55-50(27-34)62(56-35(2)28-40(29-36(56)3)59(7,8)9)57-54(44-31-39(58(4,5)6)21-25-53(44)65-57)60(55)47-30-38(46-33-64-52-17-13-11-15-43(46)52)20-24-48(47)61(49)41-22-18-37(19-23-41)45-32-63-51-16-12-10-14-42(45)51/h10-33H,1-9H3. The maximum absolute atomic E-state index is 2.67. The highest BCUT2D eigenvalue weighted by molar-refractivity contribution is 7.26. The molecular formula is C59H51BN2S3. The average molecular weight is 895 g/mol. The van der Waals surface area contributed by atoms with Gasteiger partial charge in [0, 0.05) is 58.7 Å². The molecule has 0 unspecified atom stereocenters. The minimum atomic E-state index is 0.00340. The van der Waals surface area contributed by atoms with Gasteiger partial charge in [0.2, 0.25) is 0 Å². The summed E-state index contributed by atoms with van der Waals surface area (Å²) in [5.74, 6) is 0. The Bertz CT molecular complexity index is 3550. The first kappa shape index (κ1) is 40.6. The molecular weight excluding hydrogens is 844 g/mol. The topological polar surface area (TPSA) is 6.48 Å². The molecule has 2 aliphatic rings. The first-order chi connectivity index (χ1) is 31.2. The van der Waals surface area contributed by atoms with Crippen LogP contribution in [0.2, 0.25) is 0 Å². The Labute approximate surface area is 395 Å². The molecule has 0 saturated carbocycles. The Morgan fingerprint density at radius 1 is 0.477 bits per heavy atom. The predicted molar refractivity (Wildman–Crippen MR) is 289 cm³/mol. The number of aryl methyl sites for hydroxylation is 3. The number of benzene rings is 7. The monoisotopic (exact) mass is 894 g/mol. The minimum absolute atomic E-state index is 0.00340. The Morgan fingerprint density at radius 3 is 1.69 bits per heavy atom. The van der Waals surface area contributed by atoms with Gasteiger partial charge in [-0.25, -0.2) is 0 Å². The van der Waals surface area contributed by atoms with Crippen molar-refractivity contribution < 1.29 is 0 Å². The van der Waals surface area contributed by atoms with Crippen LogP contribution >= 0.6 is 34.0 Å². The first-order valence-corrected chi connectivity index (χ1v) is 25.4. The Morgan fingerprint density at radius 2 is 1.06 bits per heavy atom. The number of hydrogen-bond acceptors (Lipinski definition) is 5. The molecule has 5 heterocycles. The summed E-state index contributed by atoms with van der Waals surface area (Å²) in [4.78, 5) is 5.24. The molecule has 0 fully saturated rings. The normalized spacial score (nSPS) is 13.5. The van der Waals surface area contributed by atoms with Crippen molar-refractivity contribution in [3.05, 3.63) is 172 Å². The van der Waals surface area contributed by atoms with E-state index in [1.54, 1.807) is 0 Å². The lowest BCUT2D eigenvalue weighted by Crippen LogP contribution is -2.61. The zero-order chi connectivity index (χ0) is 44.7. The quantitative estimate of drug-likeness (QED) is 0.162. The van der Waals surface area contributed by atoms with Crippen LogP contribution in [0.1, 0.15) is 69.4 Å². The van der Waals surface area contributed by atoms with Crippen molar-refractivity contribution in [1.29, 1.82) is 0 Å². The summed E-state index contributed by atoms with van der Waals surface area (Å²) in [7, 11) is 0. The largest absolute Gasteiger partial charge is 0.311 e. The molecule has 318 valence electrons. The zero-order valence-corrected chi connectivity index (χ0v) is 41.0. The van der Waals surface area contributed by atoms with Gasteiger partial charge >= 0.3 is 0 Å². The highest BCUT2D eigenvalue weighted by Gasteiger charge is 2.46.